The van der Waals surface area contributed by atoms with Crippen molar-refractivity contribution in [2.75, 3.05) is 0 Å². The molecule has 0 aromatic heterocycles. The summed E-state index contributed by atoms with van der Waals surface area (Å²) in [7, 11) is 0. The highest BCUT2D eigenvalue weighted by Crippen LogP contribution is 2.29. The maximum absolute atomic E-state index is 6.38. The molecule has 0 spiro atoms. The molecule has 1 heteroatoms. The van der Waals surface area contributed by atoms with E-state index in [-0.39, 0.29) is 5.41 Å². The molecule has 0 aliphatic rings. The van der Waals surface area contributed by atoms with Crippen molar-refractivity contribution in [3.8, 4) is 0 Å². The second kappa shape index (κ2) is 29.5. The quantitative estimate of drug-likeness (QED) is 0.0484. The molecule has 236 valence electrons. The van der Waals surface area contributed by atoms with E-state index in [1.165, 1.54) is 148 Å². The average Bonchev–Trinajstić information content (AvgIpc) is 2.93. The predicted octanol–water partition coefficient (Wildman–Crippen LogP) is 14.1. The lowest BCUT2D eigenvalue weighted by Gasteiger charge is -2.24. The van der Waals surface area contributed by atoms with Gasteiger partial charge in [-0.05, 0) is 81.6 Å². The molecule has 0 aliphatic carbocycles. The van der Waals surface area contributed by atoms with Crippen molar-refractivity contribution in [3.63, 3.8) is 0 Å². The van der Waals surface area contributed by atoms with Crippen LogP contribution in [0.25, 0.3) is 0 Å². The summed E-state index contributed by atoms with van der Waals surface area (Å²) in [6.07, 6.45) is 46.1. The Morgan fingerprint density at radius 3 is 1.55 bits per heavy atom. The van der Waals surface area contributed by atoms with Crippen LogP contribution in [0.4, 0.5) is 0 Å². The van der Waals surface area contributed by atoms with Crippen molar-refractivity contribution in [1.29, 1.82) is 0 Å². The molecule has 2 unspecified atom stereocenters. The Morgan fingerprint density at radius 1 is 0.575 bits per heavy atom. The second-order valence-corrected chi connectivity index (χ2v) is 13.4. The van der Waals surface area contributed by atoms with E-state index in [1.807, 2.05) is 0 Å². The number of hydrogen-bond acceptors (Lipinski definition) is 1. The fraction of sp³-hybridized carbons (Fsp3) is 0.846. The van der Waals surface area contributed by atoms with E-state index in [2.05, 4.69) is 78.2 Å². The molecule has 0 amide bonds. The Morgan fingerprint density at radius 2 is 1.02 bits per heavy atom. The molecule has 1 nitrogen and oxygen atoms in total. The summed E-state index contributed by atoms with van der Waals surface area (Å²) in [6.45, 7) is 14.0. The van der Waals surface area contributed by atoms with E-state index in [0.717, 1.165) is 12.3 Å². The summed E-state index contributed by atoms with van der Waals surface area (Å²) in [5.41, 5.74) is 0.221. The van der Waals surface area contributed by atoms with Crippen LogP contribution in [0, 0.1) is 11.3 Å². The molecule has 0 rings (SSSR count). The van der Waals surface area contributed by atoms with E-state index in [1.54, 1.807) is 0 Å². The first kappa shape index (κ1) is 39.0. The van der Waals surface area contributed by atoms with Crippen LogP contribution in [-0.2, 0) is 4.74 Å². The number of unbranched alkanes of at least 4 members (excludes halogenated alkanes) is 16. The minimum atomic E-state index is 0.221. The van der Waals surface area contributed by atoms with Crippen LogP contribution >= 0.6 is 0 Å². The standard InChI is InChI=1S/C39H74O/c1-7-10-12-14-16-18-19-20-21-22-23-24-25-27-29-31-33-38(32-30-28-26-17-15-13-11-8-2)40-35-34-39(5,6)36-37(4)9-3/h16,18,20-21,34-35,37-38H,7-15,17,19,22-33,36H2,1-6H3. The number of ether oxygens (including phenoxy) is 1. The highest BCUT2D eigenvalue weighted by molar-refractivity contribution is 4.93. The van der Waals surface area contributed by atoms with Crippen molar-refractivity contribution in [3.05, 3.63) is 36.6 Å². The van der Waals surface area contributed by atoms with Crippen molar-refractivity contribution in [2.45, 2.75) is 202 Å². The molecule has 0 aliphatic heterocycles. The van der Waals surface area contributed by atoms with Crippen LogP contribution in [0.2, 0.25) is 0 Å². The first-order chi connectivity index (χ1) is 19.4. The third-order valence-corrected chi connectivity index (χ3v) is 8.47. The van der Waals surface area contributed by atoms with E-state index >= 15 is 0 Å². The van der Waals surface area contributed by atoms with Gasteiger partial charge in [0.15, 0.2) is 0 Å². The SMILES string of the molecule is CCCCCC=CCC=CCCCCCCCCC(CCCCCCCCCC)OC=CC(C)(C)CC(C)CC. The van der Waals surface area contributed by atoms with Gasteiger partial charge >= 0.3 is 0 Å². The maximum atomic E-state index is 6.38. The third kappa shape index (κ3) is 28.5. The van der Waals surface area contributed by atoms with E-state index in [9.17, 15) is 0 Å². The molecule has 0 radical (unpaired) electrons. The highest BCUT2D eigenvalue weighted by Gasteiger charge is 2.17. The van der Waals surface area contributed by atoms with Crippen molar-refractivity contribution >= 4 is 0 Å². The fourth-order valence-corrected chi connectivity index (χ4v) is 5.59. The van der Waals surface area contributed by atoms with E-state index < -0.39 is 0 Å². The molecule has 0 fully saturated rings. The number of rotatable bonds is 30. The monoisotopic (exact) mass is 559 g/mol. The average molecular weight is 559 g/mol. The van der Waals surface area contributed by atoms with Gasteiger partial charge in [0, 0.05) is 0 Å². The molecule has 0 bridgehead atoms. The minimum Gasteiger partial charge on any atom is -0.498 e. The first-order valence-electron chi connectivity index (χ1n) is 18.1. The number of allylic oxidation sites excluding steroid dienone is 5. The molecular weight excluding hydrogens is 484 g/mol. The summed E-state index contributed by atoms with van der Waals surface area (Å²) in [5, 5.41) is 0. The molecule has 0 N–H and O–H groups in total. The maximum Gasteiger partial charge on any atom is 0.0978 e. The summed E-state index contributed by atoms with van der Waals surface area (Å²) < 4.78 is 6.38. The summed E-state index contributed by atoms with van der Waals surface area (Å²) >= 11 is 0. The normalized spacial score (nSPS) is 14.2. The molecular formula is C39H74O. The van der Waals surface area contributed by atoms with Gasteiger partial charge < -0.3 is 4.74 Å². The van der Waals surface area contributed by atoms with Crippen LogP contribution < -0.4 is 0 Å². The fourth-order valence-electron chi connectivity index (χ4n) is 5.59. The molecule has 0 aromatic carbocycles. The lowest BCUT2D eigenvalue weighted by Crippen LogP contribution is -2.14. The van der Waals surface area contributed by atoms with Crippen molar-refractivity contribution in [1.82, 2.24) is 0 Å². The Balaban J connectivity index is 4.15. The van der Waals surface area contributed by atoms with Gasteiger partial charge in [0.1, 0.15) is 0 Å². The van der Waals surface area contributed by atoms with Gasteiger partial charge in [-0.2, -0.15) is 0 Å². The third-order valence-electron chi connectivity index (χ3n) is 8.47. The van der Waals surface area contributed by atoms with Crippen LogP contribution in [-0.4, -0.2) is 6.10 Å². The van der Waals surface area contributed by atoms with Gasteiger partial charge in [-0.1, -0.05) is 156 Å². The summed E-state index contributed by atoms with van der Waals surface area (Å²) in [6, 6.07) is 0. The van der Waals surface area contributed by atoms with Gasteiger partial charge in [0.2, 0.25) is 0 Å². The molecule has 0 saturated carbocycles. The van der Waals surface area contributed by atoms with E-state index in [0.29, 0.717) is 6.10 Å². The van der Waals surface area contributed by atoms with Crippen LogP contribution in [0.5, 0.6) is 0 Å². The van der Waals surface area contributed by atoms with Gasteiger partial charge in [0.05, 0.1) is 12.4 Å². The van der Waals surface area contributed by atoms with Gasteiger partial charge in [0.25, 0.3) is 0 Å². The lowest BCUT2D eigenvalue weighted by atomic mass is 9.82. The van der Waals surface area contributed by atoms with Gasteiger partial charge in [-0.3, -0.25) is 0 Å². The molecule has 0 saturated heterocycles. The Bertz CT molecular complexity index is 584. The largest absolute Gasteiger partial charge is 0.498 e. The van der Waals surface area contributed by atoms with Crippen molar-refractivity contribution < 1.29 is 4.74 Å². The second-order valence-electron chi connectivity index (χ2n) is 13.4. The molecule has 2 atom stereocenters. The summed E-state index contributed by atoms with van der Waals surface area (Å²) in [4.78, 5) is 0. The molecule has 0 heterocycles. The smallest absolute Gasteiger partial charge is 0.0978 e. The van der Waals surface area contributed by atoms with E-state index in [4.69, 9.17) is 4.74 Å². The first-order valence-corrected chi connectivity index (χ1v) is 18.1. The lowest BCUT2D eigenvalue weighted by molar-refractivity contribution is 0.117. The van der Waals surface area contributed by atoms with Crippen molar-refractivity contribution in [2.24, 2.45) is 11.3 Å². The Hall–Kier alpha value is -0.980. The minimum absolute atomic E-state index is 0.221. The van der Waals surface area contributed by atoms with Crippen LogP contribution in [0.15, 0.2) is 36.6 Å². The van der Waals surface area contributed by atoms with Gasteiger partial charge in [-0.15, -0.1) is 0 Å². The van der Waals surface area contributed by atoms with Crippen LogP contribution in [0.3, 0.4) is 0 Å². The molecule has 40 heavy (non-hydrogen) atoms. The Labute approximate surface area is 254 Å². The summed E-state index contributed by atoms with van der Waals surface area (Å²) in [5.74, 6) is 0.769. The zero-order chi connectivity index (χ0) is 29.6. The highest BCUT2D eigenvalue weighted by atomic mass is 16.5. The van der Waals surface area contributed by atoms with Gasteiger partial charge in [-0.25, -0.2) is 0 Å². The predicted molar refractivity (Wildman–Crippen MR) is 183 cm³/mol. The zero-order valence-corrected chi connectivity index (χ0v) is 28.5. The topological polar surface area (TPSA) is 9.23 Å². The molecule has 0 aromatic rings. The number of hydrogen-bond donors (Lipinski definition) is 0. The van der Waals surface area contributed by atoms with Crippen LogP contribution in [0.1, 0.15) is 196 Å². The Kier molecular flexibility index (Phi) is 28.8. The zero-order valence-electron chi connectivity index (χ0n) is 28.5.